The van der Waals surface area contributed by atoms with Crippen molar-refractivity contribution in [1.29, 1.82) is 0 Å². The third-order valence-corrected chi connectivity index (χ3v) is 4.22. The molecule has 0 saturated carbocycles. The van der Waals surface area contributed by atoms with E-state index in [9.17, 15) is 14.9 Å². The minimum absolute atomic E-state index is 0.0212. The fourth-order valence-electron chi connectivity index (χ4n) is 2.26. The highest BCUT2D eigenvalue weighted by Crippen LogP contribution is 2.46. The highest BCUT2D eigenvalue weighted by molar-refractivity contribution is 8.19. The number of carbonyl (C=O) groups is 1. The molecule has 29 heavy (non-hydrogen) atoms. The van der Waals surface area contributed by atoms with Crippen molar-refractivity contribution in [1.82, 2.24) is 5.43 Å². The lowest BCUT2D eigenvalue weighted by Crippen LogP contribution is -2.19. The summed E-state index contributed by atoms with van der Waals surface area (Å²) in [4.78, 5) is 23.1. The van der Waals surface area contributed by atoms with E-state index < -0.39 is 38.0 Å². The molecule has 1 aromatic carbocycles. The first kappa shape index (κ1) is 22.0. The number of carbonyl (C=O) groups excluding carboxylic acids is 1. The minimum Gasteiger partial charge on any atom is -0.493 e. The van der Waals surface area contributed by atoms with E-state index in [2.05, 4.69) is 10.5 Å². The first-order chi connectivity index (χ1) is 13.6. The van der Waals surface area contributed by atoms with Crippen molar-refractivity contribution < 1.29 is 42.0 Å². The number of hydrogen-bond donors (Lipinski definition) is 4. The van der Waals surface area contributed by atoms with Crippen LogP contribution in [0.25, 0.3) is 0 Å². The number of nitro benzene ring substituents is 1. The Kier molecular flexibility index (Phi) is 6.65. The predicted octanol–water partition coefficient (Wildman–Crippen LogP) is 2.56. The van der Waals surface area contributed by atoms with E-state index in [4.69, 9.17) is 32.3 Å². The van der Waals surface area contributed by atoms with Gasteiger partial charge in [0, 0.05) is 6.07 Å². The van der Waals surface area contributed by atoms with Gasteiger partial charge >= 0.3 is 5.69 Å². The number of amides is 1. The van der Waals surface area contributed by atoms with Gasteiger partial charge in [-0.1, -0.05) is 0 Å². The third kappa shape index (κ3) is 4.75. The molecule has 14 heteroatoms. The van der Waals surface area contributed by atoms with E-state index in [-0.39, 0.29) is 23.0 Å². The number of ether oxygens (including phenoxy) is 3. The Bertz CT molecular complexity index is 951. The molecule has 0 aliphatic rings. The lowest BCUT2D eigenvalue weighted by molar-refractivity contribution is -0.386. The van der Waals surface area contributed by atoms with Gasteiger partial charge in [-0.2, -0.15) is 5.10 Å². The average molecular weight is 431 g/mol. The molecular weight excluding hydrogens is 414 g/mol. The van der Waals surface area contributed by atoms with Crippen molar-refractivity contribution in [3.8, 4) is 17.2 Å². The summed E-state index contributed by atoms with van der Waals surface area (Å²) in [7, 11) is -0.325. The van der Waals surface area contributed by atoms with E-state index in [0.717, 1.165) is 18.3 Å². The molecule has 4 N–H and O–H groups in total. The summed E-state index contributed by atoms with van der Waals surface area (Å²) >= 11 is 0. The second-order valence-corrected chi connectivity index (χ2v) is 6.61. The summed E-state index contributed by atoms with van der Waals surface area (Å²) in [6.07, 6.45) is 0.983. The lowest BCUT2D eigenvalue weighted by Gasteiger charge is -2.14. The normalized spacial score (nSPS) is 11.9. The first-order valence-corrected chi connectivity index (χ1v) is 9.05. The number of nitrogens with one attached hydrogen (secondary N) is 1. The van der Waals surface area contributed by atoms with Crippen molar-refractivity contribution in [3.63, 3.8) is 0 Å². The van der Waals surface area contributed by atoms with E-state index in [1.165, 1.54) is 27.4 Å². The number of nitrogens with zero attached hydrogens (tertiary/aromatic N) is 2. The molecule has 0 aliphatic carbocycles. The van der Waals surface area contributed by atoms with Crippen LogP contribution >= 0.6 is 10.9 Å². The van der Waals surface area contributed by atoms with Crippen molar-refractivity contribution in [2.24, 2.45) is 5.10 Å². The van der Waals surface area contributed by atoms with Crippen LogP contribution in [0.5, 0.6) is 17.2 Å². The van der Waals surface area contributed by atoms with E-state index in [0.29, 0.717) is 0 Å². The zero-order chi connectivity index (χ0) is 21.8. The maximum Gasteiger partial charge on any atom is 0.327 e. The van der Waals surface area contributed by atoms with Crippen molar-refractivity contribution in [3.05, 3.63) is 39.6 Å². The van der Waals surface area contributed by atoms with Gasteiger partial charge in [0.25, 0.3) is 5.91 Å². The van der Waals surface area contributed by atoms with Gasteiger partial charge in [0.05, 0.1) is 32.5 Å². The van der Waals surface area contributed by atoms with Crippen molar-refractivity contribution in [2.75, 3.05) is 21.3 Å². The molecule has 0 aliphatic heterocycles. The van der Waals surface area contributed by atoms with Gasteiger partial charge in [-0.3, -0.25) is 14.9 Å². The zero-order valence-corrected chi connectivity index (χ0v) is 16.1. The fourth-order valence-corrected chi connectivity index (χ4v) is 2.72. The quantitative estimate of drug-likeness (QED) is 0.275. The Morgan fingerprint density at radius 2 is 1.86 bits per heavy atom. The molecule has 0 saturated heterocycles. The minimum atomic E-state index is -4.03. The molecular formula is C15H17N3O10S. The number of nitro groups is 1. The largest absolute Gasteiger partial charge is 0.493 e. The average Bonchev–Trinajstić information content (AvgIpc) is 3.15. The van der Waals surface area contributed by atoms with E-state index in [1.807, 2.05) is 0 Å². The molecule has 0 unspecified atom stereocenters. The van der Waals surface area contributed by atoms with Crippen LogP contribution in [0.3, 0.4) is 0 Å². The molecule has 158 valence electrons. The predicted molar refractivity (Wildman–Crippen MR) is 100 cm³/mol. The van der Waals surface area contributed by atoms with E-state index in [1.54, 1.807) is 0 Å². The Morgan fingerprint density at radius 1 is 1.21 bits per heavy atom. The smallest absolute Gasteiger partial charge is 0.327 e. The molecule has 1 amide bonds. The summed E-state index contributed by atoms with van der Waals surface area (Å²) in [5.74, 6) is -1.35. The number of benzene rings is 1. The Balaban J connectivity index is 2.34. The second kappa shape index (κ2) is 8.78. The van der Waals surface area contributed by atoms with Crippen molar-refractivity contribution in [2.45, 2.75) is 5.09 Å². The molecule has 2 rings (SSSR count). The highest BCUT2D eigenvalue weighted by atomic mass is 32.3. The molecule has 0 spiro atoms. The standard InChI is InChI=1S/C15H17N3O10S/c1-25-10-6-9(12(18(20)21)14(27-3)13(10)26-2)15(19)17-16-7-8-4-5-11(28-8)29(22,23)24/h4-7,22-24H,1-3H3,(H,17,19). The topological polar surface area (TPSA) is 186 Å². The van der Waals surface area contributed by atoms with Crippen LogP contribution in [0.4, 0.5) is 5.69 Å². The summed E-state index contributed by atoms with van der Waals surface area (Å²) in [5, 5.41) is 14.6. The number of hydrogen-bond acceptors (Lipinski definition) is 11. The third-order valence-electron chi connectivity index (χ3n) is 3.46. The number of methoxy groups -OCH3 is 3. The van der Waals surface area contributed by atoms with Gasteiger partial charge in [0.2, 0.25) is 16.6 Å². The Labute approximate surface area is 165 Å². The monoisotopic (exact) mass is 431 g/mol. The molecule has 0 bridgehead atoms. The van der Waals surface area contributed by atoms with Gasteiger partial charge in [-0.15, -0.1) is 0 Å². The summed E-state index contributed by atoms with van der Waals surface area (Å²) in [6, 6.07) is 3.44. The molecule has 1 heterocycles. The number of furan rings is 1. The summed E-state index contributed by atoms with van der Waals surface area (Å²) < 4.78 is 47.3. The van der Waals surface area contributed by atoms with Crippen molar-refractivity contribution >= 4 is 28.7 Å². The van der Waals surface area contributed by atoms with Crippen LogP contribution in [0, 0.1) is 10.1 Å². The Hall–Kier alpha value is -3.33. The second-order valence-electron chi connectivity index (χ2n) is 5.17. The summed E-state index contributed by atoms with van der Waals surface area (Å²) in [6.45, 7) is 0. The van der Waals surface area contributed by atoms with E-state index >= 15 is 0 Å². The maximum absolute atomic E-state index is 12.4. The zero-order valence-electron chi connectivity index (χ0n) is 15.3. The van der Waals surface area contributed by atoms with Gasteiger partial charge in [-0.25, -0.2) is 5.43 Å². The van der Waals surface area contributed by atoms with Gasteiger partial charge < -0.3 is 32.3 Å². The highest BCUT2D eigenvalue weighted by Gasteiger charge is 2.32. The van der Waals surface area contributed by atoms with Gasteiger partial charge in [0.1, 0.15) is 22.2 Å². The van der Waals surface area contributed by atoms with Gasteiger partial charge in [0.15, 0.2) is 5.75 Å². The Morgan fingerprint density at radius 3 is 2.34 bits per heavy atom. The molecule has 0 atom stereocenters. The SMILES string of the molecule is COc1cc(C(=O)NN=Cc2ccc(S(O)(O)O)o2)c([N+](=O)[O-])c(OC)c1OC. The van der Waals surface area contributed by atoms with Crippen LogP contribution in [0.1, 0.15) is 16.1 Å². The molecule has 13 nitrogen and oxygen atoms in total. The number of hydrazone groups is 1. The maximum atomic E-state index is 12.4. The van der Waals surface area contributed by atoms with Gasteiger partial charge in [-0.05, 0) is 12.1 Å². The summed E-state index contributed by atoms with van der Waals surface area (Å²) in [5.41, 5.74) is 0.994. The first-order valence-electron chi connectivity index (χ1n) is 7.55. The fraction of sp³-hybridized carbons (Fsp3) is 0.200. The van der Waals surface area contributed by atoms with Crippen LogP contribution in [0.2, 0.25) is 0 Å². The number of rotatable bonds is 8. The molecule has 1 aromatic heterocycles. The van der Waals surface area contributed by atoms with Crippen LogP contribution in [0.15, 0.2) is 32.8 Å². The van der Waals surface area contributed by atoms with Crippen LogP contribution < -0.4 is 19.6 Å². The van der Waals surface area contributed by atoms with Crippen LogP contribution in [-0.4, -0.2) is 52.0 Å². The molecule has 2 aromatic rings. The molecule has 0 fully saturated rings. The molecule has 0 radical (unpaired) electrons. The van der Waals surface area contributed by atoms with Crippen LogP contribution in [-0.2, 0) is 0 Å². The lowest BCUT2D eigenvalue weighted by atomic mass is 10.1.